The molecule has 7 heteroatoms. The number of aliphatic imine (C=N–C) groups is 1. The molecule has 0 radical (unpaired) electrons. The second kappa shape index (κ2) is 7.18. The van der Waals surface area contributed by atoms with Crippen molar-refractivity contribution in [1.29, 1.82) is 0 Å². The van der Waals surface area contributed by atoms with E-state index in [4.69, 9.17) is 0 Å². The third-order valence-corrected chi connectivity index (χ3v) is 4.39. The summed E-state index contributed by atoms with van der Waals surface area (Å²) < 4.78 is 1.43. The standard InChI is InChI=1S/C17H17N5OS/c1-12(6-5-9-18-2)24-11-13-10-16(23)22(21-13)17-19-14-7-3-4-8-15(14)20-17/h3-10,21H,2,11H2,1H3,(H,19,20)/b9-5-,12-6+. The van der Waals surface area contributed by atoms with Gasteiger partial charge in [-0.05, 0) is 36.8 Å². The van der Waals surface area contributed by atoms with Crippen LogP contribution in [0.2, 0.25) is 0 Å². The molecule has 0 fully saturated rings. The molecule has 3 rings (SSSR count). The van der Waals surface area contributed by atoms with Crippen LogP contribution in [0.4, 0.5) is 0 Å². The van der Waals surface area contributed by atoms with Crippen molar-refractivity contribution in [3.8, 4) is 5.95 Å². The zero-order valence-corrected chi connectivity index (χ0v) is 14.0. The van der Waals surface area contributed by atoms with Crippen molar-refractivity contribution in [2.24, 2.45) is 4.99 Å². The van der Waals surface area contributed by atoms with Gasteiger partial charge in [0, 0.05) is 23.7 Å². The maximum atomic E-state index is 12.2. The normalized spacial score (nSPS) is 12.3. The third-order valence-electron chi connectivity index (χ3n) is 3.34. The molecule has 6 nitrogen and oxygen atoms in total. The van der Waals surface area contributed by atoms with Crippen LogP contribution < -0.4 is 5.56 Å². The van der Waals surface area contributed by atoms with Crippen LogP contribution >= 0.6 is 11.8 Å². The van der Waals surface area contributed by atoms with E-state index < -0.39 is 0 Å². The van der Waals surface area contributed by atoms with Crippen LogP contribution in [0.15, 0.2) is 63.4 Å². The lowest BCUT2D eigenvalue weighted by atomic mass is 10.3. The van der Waals surface area contributed by atoms with Crippen molar-refractivity contribution < 1.29 is 0 Å². The summed E-state index contributed by atoms with van der Waals surface area (Å²) >= 11 is 1.64. The molecule has 0 aliphatic carbocycles. The van der Waals surface area contributed by atoms with Crippen LogP contribution in [0, 0.1) is 0 Å². The SMILES string of the molecule is C=N/C=C\C=C(/C)SCc1cc(=O)n(-c2nc3ccccc3[nH]2)[nH]1. The van der Waals surface area contributed by atoms with E-state index in [2.05, 4.69) is 26.8 Å². The number of rotatable bonds is 6. The Kier molecular flexibility index (Phi) is 4.81. The average Bonchev–Trinajstić information content (AvgIpc) is 3.16. The average molecular weight is 339 g/mol. The molecule has 0 unspecified atom stereocenters. The van der Waals surface area contributed by atoms with Crippen LogP contribution in [0.25, 0.3) is 17.0 Å². The molecule has 0 spiro atoms. The predicted molar refractivity (Wildman–Crippen MR) is 99.8 cm³/mol. The molecule has 3 aromatic rings. The van der Waals surface area contributed by atoms with E-state index in [9.17, 15) is 4.79 Å². The maximum Gasteiger partial charge on any atom is 0.274 e. The minimum absolute atomic E-state index is 0.137. The van der Waals surface area contributed by atoms with Crippen LogP contribution in [0.3, 0.4) is 0 Å². The van der Waals surface area contributed by atoms with Crippen molar-refractivity contribution in [2.45, 2.75) is 12.7 Å². The van der Waals surface area contributed by atoms with Gasteiger partial charge in [0.05, 0.1) is 11.0 Å². The van der Waals surface area contributed by atoms with Crippen LogP contribution in [0.5, 0.6) is 0 Å². The van der Waals surface area contributed by atoms with Gasteiger partial charge in [-0.1, -0.05) is 18.2 Å². The van der Waals surface area contributed by atoms with E-state index in [0.717, 1.165) is 21.6 Å². The second-order valence-electron chi connectivity index (χ2n) is 5.12. The summed E-state index contributed by atoms with van der Waals surface area (Å²) in [6.07, 6.45) is 5.41. The van der Waals surface area contributed by atoms with Gasteiger partial charge in [0.2, 0.25) is 5.95 Å². The highest BCUT2D eigenvalue weighted by molar-refractivity contribution is 8.02. The van der Waals surface area contributed by atoms with E-state index in [0.29, 0.717) is 11.7 Å². The molecular weight excluding hydrogens is 322 g/mol. The van der Waals surface area contributed by atoms with Crippen molar-refractivity contribution in [2.75, 3.05) is 0 Å². The number of allylic oxidation sites excluding steroid dienone is 3. The zero-order chi connectivity index (χ0) is 16.9. The summed E-state index contributed by atoms with van der Waals surface area (Å²) in [5.41, 5.74) is 2.42. The predicted octanol–water partition coefficient (Wildman–Crippen LogP) is 3.39. The number of fused-ring (bicyclic) bond motifs is 1. The van der Waals surface area contributed by atoms with E-state index in [-0.39, 0.29) is 5.56 Å². The van der Waals surface area contributed by atoms with E-state index in [1.165, 1.54) is 4.68 Å². The lowest BCUT2D eigenvalue weighted by Crippen LogP contribution is -2.14. The molecular formula is C17H17N5OS. The first-order valence-electron chi connectivity index (χ1n) is 7.35. The van der Waals surface area contributed by atoms with Gasteiger partial charge in [0.25, 0.3) is 5.56 Å². The Morgan fingerprint density at radius 2 is 2.29 bits per heavy atom. The number of para-hydroxylation sites is 2. The number of nitrogens with one attached hydrogen (secondary N) is 2. The fourth-order valence-corrected chi connectivity index (χ4v) is 2.91. The lowest BCUT2D eigenvalue weighted by molar-refractivity contribution is 0.789. The highest BCUT2D eigenvalue weighted by atomic mass is 32.2. The first kappa shape index (κ1) is 16.1. The molecule has 122 valence electrons. The Labute approximate surface area is 143 Å². The van der Waals surface area contributed by atoms with E-state index in [1.807, 2.05) is 43.3 Å². The molecule has 0 atom stereocenters. The van der Waals surface area contributed by atoms with Gasteiger partial charge < -0.3 is 4.98 Å². The van der Waals surface area contributed by atoms with Crippen LogP contribution in [-0.4, -0.2) is 26.5 Å². The fraction of sp³-hybridized carbons (Fsp3) is 0.118. The monoisotopic (exact) mass is 339 g/mol. The molecule has 2 heterocycles. The highest BCUT2D eigenvalue weighted by Gasteiger charge is 2.09. The topological polar surface area (TPSA) is 78.8 Å². The van der Waals surface area contributed by atoms with Crippen molar-refractivity contribution in [1.82, 2.24) is 19.7 Å². The zero-order valence-electron chi connectivity index (χ0n) is 13.2. The molecule has 0 bridgehead atoms. The molecule has 0 amide bonds. The molecule has 24 heavy (non-hydrogen) atoms. The summed E-state index contributed by atoms with van der Waals surface area (Å²) in [5, 5.41) is 3.10. The van der Waals surface area contributed by atoms with Gasteiger partial charge in [-0.15, -0.1) is 11.8 Å². The molecule has 0 aliphatic heterocycles. The minimum atomic E-state index is -0.137. The Balaban J connectivity index is 1.78. The molecule has 2 N–H and O–H groups in total. The van der Waals surface area contributed by atoms with Gasteiger partial charge in [0.1, 0.15) is 0 Å². The number of imidazole rings is 1. The number of nitrogens with zero attached hydrogens (tertiary/aromatic N) is 3. The minimum Gasteiger partial charge on any atom is -0.322 e. The van der Waals surface area contributed by atoms with E-state index in [1.54, 1.807) is 24.0 Å². The molecule has 0 saturated carbocycles. The Morgan fingerprint density at radius 3 is 3.08 bits per heavy atom. The van der Waals surface area contributed by atoms with Crippen LogP contribution in [-0.2, 0) is 5.75 Å². The number of H-pyrrole nitrogens is 2. The van der Waals surface area contributed by atoms with Crippen LogP contribution in [0.1, 0.15) is 12.6 Å². The summed E-state index contributed by atoms with van der Waals surface area (Å²) in [6, 6.07) is 9.26. The summed E-state index contributed by atoms with van der Waals surface area (Å²) in [4.78, 5) is 24.5. The van der Waals surface area contributed by atoms with Crippen molar-refractivity contribution in [3.05, 3.63) is 69.6 Å². The summed E-state index contributed by atoms with van der Waals surface area (Å²) in [5.74, 6) is 1.16. The van der Waals surface area contributed by atoms with Gasteiger partial charge in [-0.3, -0.25) is 14.9 Å². The number of benzene rings is 1. The van der Waals surface area contributed by atoms with E-state index >= 15 is 0 Å². The van der Waals surface area contributed by atoms with Gasteiger partial charge in [-0.2, -0.15) is 4.68 Å². The Hall–Kier alpha value is -2.80. The first-order chi connectivity index (χ1) is 11.7. The molecule has 0 aliphatic rings. The highest BCUT2D eigenvalue weighted by Crippen LogP contribution is 2.19. The van der Waals surface area contributed by atoms with Gasteiger partial charge in [-0.25, -0.2) is 4.98 Å². The first-order valence-corrected chi connectivity index (χ1v) is 8.34. The molecule has 0 saturated heterocycles. The molecule has 1 aromatic carbocycles. The second-order valence-corrected chi connectivity index (χ2v) is 6.34. The number of hydrogen-bond acceptors (Lipinski definition) is 4. The quantitative estimate of drug-likeness (QED) is 0.534. The van der Waals surface area contributed by atoms with Gasteiger partial charge >= 0.3 is 0 Å². The Bertz CT molecular complexity index is 943. The fourth-order valence-electron chi connectivity index (χ4n) is 2.20. The smallest absolute Gasteiger partial charge is 0.274 e. The number of aromatic nitrogens is 4. The third kappa shape index (κ3) is 3.57. The van der Waals surface area contributed by atoms with Crippen molar-refractivity contribution >= 4 is 29.5 Å². The number of hydrogen-bond donors (Lipinski definition) is 2. The van der Waals surface area contributed by atoms with Gasteiger partial charge in [0.15, 0.2) is 0 Å². The lowest BCUT2D eigenvalue weighted by Gasteiger charge is -1.99. The van der Waals surface area contributed by atoms with Crippen molar-refractivity contribution in [3.63, 3.8) is 0 Å². The molecule has 2 aromatic heterocycles. The largest absolute Gasteiger partial charge is 0.322 e. The Morgan fingerprint density at radius 1 is 1.46 bits per heavy atom. The maximum absolute atomic E-state index is 12.2. The summed E-state index contributed by atoms with van der Waals surface area (Å²) in [6.45, 7) is 5.39. The number of thioether (sulfide) groups is 1. The number of aromatic amines is 2. The summed E-state index contributed by atoms with van der Waals surface area (Å²) in [7, 11) is 0.